The maximum Gasteiger partial charge on any atom is 0.240 e. The highest BCUT2D eigenvalue weighted by molar-refractivity contribution is 7.89. The Balaban J connectivity index is 0.00000288. The summed E-state index contributed by atoms with van der Waals surface area (Å²) in [6.07, 6.45) is 0. The molecule has 2 N–H and O–H groups in total. The Labute approximate surface area is 149 Å². The standard InChI is InChI=1S/C17H22N2O3S.ClH/c1-22-13-12-18-10-11-19-23(20,21)17-9-5-8-16(14-17)15-6-3-2-4-7-15;/h2-9,14,18-19H,10-13H2,1H3;1H. The van der Waals surface area contributed by atoms with Crippen molar-refractivity contribution in [1.29, 1.82) is 0 Å². The average molecular weight is 371 g/mol. The molecule has 0 spiro atoms. The van der Waals surface area contributed by atoms with Gasteiger partial charge in [-0.05, 0) is 23.3 Å². The van der Waals surface area contributed by atoms with Crippen molar-refractivity contribution in [2.24, 2.45) is 0 Å². The molecule has 0 amide bonds. The fourth-order valence-electron chi connectivity index (χ4n) is 2.13. The minimum Gasteiger partial charge on any atom is -0.383 e. The molecule has 0 aliphatic rings. The van der Waals surface area contributed by atoms with Crippen LogP contribution in [0.3, 0.4) is 0 Å². The third-order valence-electron chi connectivity index (χ3n) is 3.33. The van der Waals surface area contributed by atoms with Gasteiger partial charge in [0.05, 0.1) is 11.5 Å². The Kier molecular flexibility index (Phi) is 8.95. The number of hydrogen-bond acceptors (Lipinski definition) is 4. The number of rotatable bonds is 9. The normalized spacial score (nSPS) is 11.0. The molecule has 0 saturated heterocycles. The van der Waals surface area contributed by atoms with Gasteiger partial charge in [-0.1, -0.05) is 42.5 Å². The maximum atomic E-state index is 12.3. The van der Waals surface area contributed by atoms with E-state index in [0.29, 0.717) is 26.2 Å². The lowest BCUT2D eigenvalue weighted by atomic mass is 10.1. The number of hydrogen-bond donors (Lipinski definition) is 2. The van der Waals surface area contributed by atoms with Gasteiger partial charge in [0.2, 0.25) is 10.0 Å². The molecule has 0 radical (unpaired) electrons. The SMILES string of the molecule is COCCNCCNS(=O)(=O)c1cccc(-c2ccccc2)c1.Cl. The van der Waals surface area contributed by atoms with Crippen LogP contribution in [0.5, 0.6) is 0 Å². The summed E-state index contributed by atoms with van der Waals surface area (Å²) >= 11 is 0. The fourth-order valence-corrected chi connectivity index (χ4v) is 3.21. The fraction of sp³-hybridized carbons (Fsp3) is 0.294. The van der Waals surface area contributed by atoms with E-state index in [2.05, 4.69) is 10.0 Å². The average Bonchev–Trinajstić information content (AvgIpc) is 2.59. The summed E-state index contributed by atoms with van der Waals surface area (Å²) < 4.78 is 32.2. The lowest BCUT2D eigenvalue weighted by Gasteiger charge is -2.09. The van der Waals surface area contributed by atoms with E-state index in [1.807, 2.05) is 36.4 Å². The molecule has 5 nitrogen and oxygen atoms in total. The molecule has 7 heteroatoms. The van der Waals surface area contributed by atoms with Crippen molar-refractivity contribution in [2.75, 3.05) is 33.4 Å². The smallest absolute Gasteiger partial charge is 0.240 e. The van der Waals surface area contributed by atoms with Crippen LogP contribution in [0.15, 0.2) is 59.5 Å². The van der Waals surface area contributed by atoms with Crippen LogP contribution < -0.4 is 10.0 Å². The number of benzene rings is 2. The first-order valence-electron chi connectivity index (χ1n) is 7.48. The minimum atomic E-state index is -3.50. The summed E-state index contributed by atoms with van der Waals surface area (Å²) in [4.78, 5) is 0.274. The largest absolute Gasteiger partial charge is 0.383 e. The third kappa shape index (κ3) is 6.22. The Morgan fingerprint density at radius 2 is 1.62 bits per heavy atom. The summed E-state index contributed by atoms with van der Waals surface area (Å²) in [5.74, 6) is 0. The molecule has 0 unspecified atom stereocenters. The van der Waals surface area contributed by atoms with E-state index in [1.165, 1.54) is 0 Å². The van der Waals surface area contributed by atoms with Crippen molar-refractivity contribution in [3.63, 3.8) is 0 Å². The predicted molar refractivity (Wildman–Crippen MR) is 99.1 cm³/mol. The number of nitrogens with one attached hydrogen (secondary N) is 2. The van der Waals surface area contributed by atoms with Crippen molar-refractivity contribution in [3.05, 3.63) is 54.6 Å². The minimum absolute atomic E-state index is 0. The number of halogens is 1. The van der Waals surface area contributed by atoms with Gasteiger partial charge in [-0.25, -0.2) is 13.1 Å². The molecule has 2 rings (SSSR count). The lowest BCUT2D eigenvalue weighted by Crippen LogP contribution is -2.33. The third-order valence-corrected chi connectivity index (χ3v) is 4.79. The Morgan fingerprint density at radius 3 is 2.33 bits per heavy atom. The van der Waals surface area contributed by atoms with Gasteiger partial charge in [0.15, 0.2) is 0 Å². The maximum absolute atomic E-state index is 12.3. The molecule has 0 heterocycles. The van der Waals surface area contributed by atoms with Crippen LogP contribution in [-0.4, -0.2) is 41.8 Å². The van der Waals surface area contributed by atoms with Crippen molar-refractivity contribution in [3.8, 4) is 11.1 Å². The molecule has 2 aromatic carbocycles. The monoisotopic (exact) mass is 370 g/mol. The lowest BCUT2D eigenvalue weighted by molar-refractivity contribution is 0.199. The zero-order valence-corrected chi connectivity index (χ0v) is 15.2. The van der Waals surface area contributed by atoms with E-state index in [-0.39, 0.29) is 17.3 Å². The molecular weight excluding hydrogens is 348 g/mol. The van der Waals surface area contributed by atoms with Crippen molar-refractivity contribution < 1.29 is 13.2 Å². The Hall–Kier alpha value is -1.44. The van der Waals surface area contributed by atoms with Crippen LogP contribution in [-0.2, 0) is 14.8 Å². The van der Waals surface area contributed by atoms with Crippen molar-refractivity contribution in [1.82, 2.24) is 10.0 Å². The van der Waals surface area contributed by atoms with E-state index < -0.39 is 10.0 Å². The van der Waals surface area contributed by atoms with Gasteiger partial charge in [-0.3, -0.25) is 0 Å². The van der Waals surface area contributed by atoms with Gasteiger partial charge in [0.1, 0.15) is 0 Å². The molecular formula is C17H23ClN2O3S. The molecule has 132 valence electrons. The van der Waals surface area contributed by atoms with E-state index in [1.54, 1.807) is 25.3 Å². The topological polar surface area (TPSA) is 67.4 Å². The van der Waals surface area contributed by atoms with Crippen LogP contribution in [0, 0.1) is 0 Å². The quantitative estimate of drug-likeness (QED) is 0.664. The zero-order chi connectivity index (χ0) is 16.5. The molecule has 24 heavy (non-hydrogen) atoms. The summed E-state index contributed by atoms with van der Waals surface area (Å²) in [5.41, 5.74) is 1.87. The van der Waals surface area contributed by atoms with E-state index in [4.69, 9.17) is 4.74 Å². The first-order chi connectivity index (χ1) is 11.1. The molecule has 0 bridgehead atoms. The Morgan fingerprint density at radius 1 is 0.917 bits per heavy atom. The highest BCUT2D eigenvalue weighted by Crippen LogP contribution is 2.21. The summed E-state index contributed by atoms with van der Waals surface area (Å²) in [6, 6.07) is 16.7. The van der Waals surface area contributed by atoms with Gasteiger partial charge in [-0.2, -0.15) is 0 Å². The van der Waals surface area contributed by atoms with E-state index in [9.17, 15) is 8.42 Å². The predicted octanol–water partition coefficient (Wildman–Crippen LogP) is 2.29. The highest BCUT2D eigenvalue weighted by atomic mass is 35.5. The van der Waals surface area contributed by atoms with Crippen LogP contribution in [0.25, 0.3) is 11.1 Å². The van der Waals surface area contributed by atoms with Gasteiger partial charge in [0, 0.05) is 26.7 Å². The highest BCUT2D eigenvalue weighted by Gasteiger charge is 2.13. The molecule has 0 aromatic heterocycles. The molecule has 0 saturated carbocycles. The van der Waals surface area contributed by atoms with E-state index >= 15 is 0 Å². The van der Waals surface area contributed by atoms with Gasteiger partial charge in [0.25, 0.3) is 0 Å². The van der Waals surface area contributed by atoms with Crippen molar-refractivity contribution in [2.45, 2.75) is 4.90 Å². The molecule has 0 atom stereocenters. The molecule has 0 aliphatic heterocycles. The number of ether oxygens (including phenoxy) is 1. The summed E-state index contributed by atoms with van der Waals surface area (Å²) in [5, 5.41) is 3.10. The number of methoxy groups -OCH3 is 1. The van der Waals surface area contributed by atoms with Crippen LogP contribution in [0.2, 0.25) is 0 Å². The summed E-state index contributed by atoms with van der Waals surface area (Å²) in [6.45, 7) is 2.19. The van der Waals surface area contributed by atoms with Gasteiger partial charge < -0.3 is 10.1 Å². The van der Waals surface area contributed by atoms with Crippen LogP contribution in [0.4, 0.5) is 0 Å². The summed E-state index contributed by atoms with van der Waals surface area (Å²) in [7, 11) is -1.88. The first-order valence-corrected chi connectivity index (χ1v) is 8.96. The zero-order valence-electron chi connectivity index (χ0n) is 13.6. The second-order valence-corrected chi connectivity index (χ2v) is 6.80. The first kappa shape index (κ1) is 20.6. The van der Waals surface area contributed by atoms with Crippen LogP contribution >= 0.6 is 12.4 Å². The number of sulfonamides is 1. The second kappa shape index (κ2) is 10.4. The van der Waals surface area contributed by atoms with Crippen LogP contribution in [0.1, 0.15) is 0 Å². The molecule has 0 fully saturated rings. The molecule has 0 aliphatic carbocycles. The Bertz CT molecular complexity index is 709. The van der Waals surface area contributed by atoms with Gasteiger partial charge in [-0.15, -0.1) is 12.4 Å². The second-order valence-electron chi connectivity index (χ2n) is 5.03. The van der Waals surface area contributed by atoms with Crippen molar-refractivity contribution >= 4 is 22.4 Å². The molecule has 2 aromatic rings. The van der Waals surface area contributed by atoms with E-state index in [0.717, 1.165) is 11.1 Å². The van der Waals surface area contributed by atoms with Gasteiger partial charge >= 0.3 is 0 Å².